The zero-order valence-corrected chi connectivity index (χ0v) is 15.8. The average molecular weight is 392 g/mol. The normalized spacial score (nSPS) is 11.1. The van der Waals surface area contributed by atoms with Crippen molar-refractivity contribution in [2.75, 3.05) is 24.2 Å². The lowest BCUT2D eigenvalue weighted by atomic mass is 10.1. The van der Waals surface area contributed by atoms with E-state index in [1.54, 1.807) is 30.5 Å². The van der Waals surface area contributed by atoms with E-state index in [1.165, 1.54) is 4.52 Å². The quantitative estimate of drug-likeness (QED) is 0.492. The molecule has 0 saturated heterocycles. The maximum Gasteiger partial charge on any atom is 0.335 e. The van der Waals surface area contributed by atoms with Gasteiger partial charge in [0.15, 0.2) is 11.4 Å². The second-order valence-electron chi connectivity index (χ2n) is 6.68. The Labute approximate surface area is 166 Å². The number of carboxylic acid groups (broad SMARTS) is 1. The van der Waals surface area contributed by atoms with Gasteiger partial charge in [0, 0.05) is 19.7 Å². The Balaban J connectivity index is 1.44. The minimum absolute atomic E-state index is 0.249. The van der Waals surface area contributed by atoms with Crippen molar-refractivity contribution in [2.24, 2.45) is 0 Å². The van der Waals surface area contributed by atoms with E-state index in [2.05, 4.69) is 15.1 Å². The van der Waals surface area contributed by atoms with Crippen LogP contribution in [0.3, 0.4) is 0 Å². The summed E-state index contributed by atoms with van der Waals surface area (Å²) in [5, 5.41) is 13.3. The summed E-state index contributed by atoms with van der Waals surface area (Å²) in [6.45, 7) is 0.752. The fraction of sp³-hybridized carbons (Fsp3) is 0.200. The van der Waals surface area contributed by atoms with Gasteiger partial charge in [-0.25, -0.2) is 9.78 Å². The highest BCUT2D eigenvalue weighted by Crippen LogP contribution is 2.21. The number of rotatable bonds is 7. The Morgan fingerprint density at radius 2 is 2.03 bits per heavy atom. The van der Waals surface area contributed by atoms with E-state index in [4.69, 9.17) is 15.3 Å². The molecule has 0 amide bonds. The minimum Gasteiger partial charge on any atom is -0.478 e. The molecule has 0 aliphatic heterocycles. The molecule has 4 aromatic rings. The minimum atomic E-state index is -0.918. The van der Waals surface area contributed by atoms with Gasteiger partial charge in [-0.15, -0.1) is 5.10 Å². The van der Waals surface area contributed by atoms with Crippen molar-refractivity contribution in [3.63, 3.8) is 0 Å². The second kappa shape index (κ2) is 7.63. The molecule has 9 heteroatoms. The van der Waals surface area contributed by atoms with Crippen LogP contribution in [0.25, 0.3) is 17.2 Å². The Bertz CT molecular complexity index is 1140. The number of aromatic nitrogens is 4. The molecule has 0 bridgehead atoms. The summed E-state index contributed by atoms with van der Waals surface area (Å²) in [7, 11) is 1.94. The monoisotopic (exact) mass is 392 g/mol. The number of nitrogens with two attached hydrogens (primary N) is 1. The highest BCUT2D eigenvalue weighted by atomic mass is 16.4. The zero-order valence-electron chi connectivity index (χ0n) is 15.8. The summed E-state index contributed by atoms with van der Waals surface area (Å²) in [6, 6.07) is 12.3. The molecule has 29 heavy (non-hydrogen) atoms. The number of carbonyl (C=O) groups is 1. The van der Waals surface area contributed by atoms with Crippen molar-refractivity contribution >= 4 is 23.4 Å². The van der Waals surface area contributed by atoms with E-state index in [1.807, 2.05) is 30.1 Å². The van der Waals surface area contributed by atoms with Gasteiger partial charge < -0.3 is 20.2 Å². The molecule has 3 heterocycles. The van der Waals surface area contributed by atoms with Crippen molar-refractivity contribution in [3.8, 4) is 11.6 Å². The molecule has 0 atom stereocenters. The van der Waals surface area contributed by atoms with E-state index < -0.39 is 5.97 Å². The molecular weight excluding hydrogens is 372 g/mol. The molecule has 0 saturated carbocycles. The lowest BCUT2D eigenvalue weighted by molar-refractivity contribution is 0.0697. The van der Waals surface area contributed by atoms with Crippen molar-refractivity contribution in [3.05, 3.63) is 59.9 Å². The van der Waals surface area contributed by atoms with Crippen molar-refractivity contribution in [1.29, 1.82) is 0 Å². The molecular formula is C20H20N6O3. The molecule has 148 valence electrons. The molecule has 4 rings (SSSR count). The van der Waals surface area contributed by atoms with E-state index in [9.17, 15) is 4.79 Å². The third-order valence-electron chi connectivity index (χ3n) is 4.63. The first-order valence-corrected chi connectivity index (χ1v) is 9.12. The Hall–Kier alpha value is -3.88. The molecule has 0 aliphatic rings. The van der Waals surface area contributed by atoms with Gasteiger partial charge in [-0.2, -0.15) is 9.50 Å². The number of hydrogen-bond acceptors (Lipinski definition) is 7. The predicted molar refractivity (Wildman–Crippen MR) is 108 cm³/mol. The van der Waals surface area contributed by atoms with Crippen LogP contribution in [-0.2, 0) is 6.42 Å². The van der Waals surface area contributed by atoms with Crippen LogP contribution in [0.4, 0.5) is 11.8 Å². The lowest BCUT2D eigenvalue weighted by Crippen LogP contribution is -2.21. The van der Waals surface area contributed by atoms with Gasteiger partial charge in [0.1, 0.15) is 5.82 Å². The first-order valence-electron chi connectivity index (χ1n) is 9.12. The van der Waals surface area contributed by atoms with Crippen LogP contribution in [-0.4, -0.2) is 44.3 Å². The van der Waals surface area contributed by atoms with Gasteiger partial charge in [0.05, 0.1) is 11.8 Å². The fourth-order valence-electron chi connectivity index (χ4n) is 3.05. The summed E-state index contributed by atoms with van der Waals surface area (Å²) >= 11 is 0. The molecule has 0 radical (unpaired) electrons. The fourth-order valence-corrected chi connectivity index (χ4v) is 3.05. The Kier molecular flexibility index (Phi) is 4.86. The molecule has 9 nitrogen and oxygen atoms in total. The third-order valence-corrected chi connectivity index (χ3v) is 4.63. The summed E-state index contributed by atoms with van der Waals surface area (Å²) in [5.41, 5.74) is 8.04. The van der Waals surface area contributed by atoms with Crippen molar-refractivity contribution in [1.82, 2.24) is 19.6 Å². The van der Waals surface area contributed by atoms with E-state index in [0.717, 1.165) is 24.9 Å². The van der Waals surface area contributed by atoms with Crippen molar-refractivity contribution in [2.45, 2.75) is 12.8 Å². The predicted octanol–water partition coefficient (Wildman–Crippen LogP) is 2.73. The number of aromatic carboxylic acids is 1. The molecule has 0 unspecified atom stereocenters. The molecule has 0 fully saturated rings. The first kappa shape index (κ1) is 18.5. The third kappa shape index (κ3) is 3.88. The molecule has 0 aliphatic carbocycles. The highest BCUT2D eigenvalue weighted by Gasteiger charge is 2.14. The maximum atomic E-state index is 10.9. The van der Waals surface area contributed by atoms with Crippen LogP contribution < -0.4 is 10.6 Å². The number of fused-ring (bicyclic) bond motifs is 1. The van der Waals surface area contributed by atoms with E-state index in [-0.39, 0.29) is 5.95 Å². The maximum absolute atomic E-state index is 10.9. The van der Waals surface area contributed by atoms with Crippen LogP contribution in [0.2, 0.25) is 0 Å². The van der Waals surface area contributed by atoms with Crippen LogP contribution in [0.15, 0.2) is 53.1 Å². The number of furan rings is 1. The van der Waals surface area contributed by atoms with Gasteiger partial charge >= 0.3 is 5.97 Å². The zero-order chi connectivity index (χ0) is 20.4. The van der Waals surface area contributed by atoms with Gasteiger partial charge in [-0.05, 0) is 42.7 Å². The van der Waals surface area contributed by atoms with Gasteiger partial charge in [-0.3, -0.25) is 0 Å². The van der Waals surface area contributed by atoms with Crippen LogP contribution in [0.1, 0.15) is 22.3 Å². The number of carboxylic acids is 1. The van der Waals surface area contributed by atoms with Gasteiger partial charge in [0.25, 0.3) is 0 Å². The SMILES string of the molecule is CN(CCCc1ccc(C(=O)O)cc1)c1cc2nc(-c3ccco3)nn2c(N)n1. The van der Waals surface area contributed by atoms with Crippen LogP contribution >= 0.6 is 0 Å². The standard InChI is InChI=1S/C20H20N6O3/c1-25(10-2-4-13-6-8-14(9-7-13)19(27)28)16-12-17-22-18(15-5-3-11-29-15)24-26(17)20(21)23-16/h3,5-9,11-12H,2,4,10H2,1H3,(H2,21,23)(H,27,28). The first-order chi connectivity index (χ1) is 14.0. The largest absolute Gasteiger partial charge is 0.478 e. The molecule has 3 aromatic heterocycles. The van der Waals surface area contributed by atoms with E-state index >= 15 is 0 Å². The Morgan fingerprint density at radius 3 is 2.72 bits per heavy atom. The number of anilines is 2. The van der Waals surface area contributed by atoms with Crippen molar-refractivity contribution < 1.29 is 14.3 Å². The summed E-state index contributed by atoms with van der Waals surface area (Å²) in [4.78, 5) is 21.8. The number of nitrogen functional groups attached to an aromatic ring is 1. The van der Waals surface area contributed by atoms with Crippen LogP contribution in [0.5, 0.6) is 0 Å². The topological polar surface area (TPSA) is 123 Å². The van der Waals surface area contributed by atoms with Gasteiger partial charge in [0.2, 0.25) is 11.8 Å². The summed E-state index contributed by atoms with van der Waals surface area (Å²) in [6.07, 6.45) is 3.27. The number of aryl methyl sites for hydroxylation is 1. The summed E-state index contributed by atoms with van der Waals surface area (Å²) in [5.74, 6) is 1.05. The van der Waals surface area contributed by atoms with Gasteiger partial charge in [-0.1, -0.05) is 12.1 Å². The molecule has 0 spiro atoms. The number of hydrogen-bond donors (Lipinski definition) is 2. The van der Waals surface area contributed by atoms with E-state index in [0.29, 0.717) is 28.6 Å². The summed E-state index contributed by atoms with van der Waals surface area (Å²) < 4.78 is 6.83. The molecule has 1 aromatic carbocycles. The number of nitrogens with zero attached hydrogens (tertiary/aromatic N) is 5. The van der Waals surface area contributed by atoms with Crippen LogP contribution in [0, 0.1) is 0 Å². The Morgan fingerprint density at radius 1 is 1.24 bits per heavy atom. The smallest absolute Gasteiger partial charge is 0.335 e. The second-order valence-corrected chi connectivity index (χ2v) is 6.68. The average Bonchev–Trinajstić information content (AvgIpc) is 3.38. The lowest BCUT2D eigenvalue weighted by Gasteiger charge is -2.18. The highest BCUT2D eigenvalue weighted by molar-refractivity contribution is 5.87. The molecule has 3 N–H and O–H groups in total. The number of benzene rings is 1.